The normalized spacial score (nSPS) is 10.5. The Morgan fingerprint density at radius 2 is 2.32 bits per heavy atom. The molecule has 1 aromatic heterocycles. The van der Waals surface area contributed by atoms with Gasteiger partial charge in [-0.15, -0.1) is 5.10 Å². The van der Waals surface area contributed by atoms with Gasteiger partial charge in [-0.3, -0.25) is 0 Å². The summed E-state index contributed by atoms with van der Waals surface area (Å²) in [6, 6.07) is 4.13. The van der Waals surface area contributed by atoms with Gasteiger partial charge in [0.15, 0.2) is 0 Å². The molecule has 1 aromatic carbocycles. The Bertz CT molecular complexity index is 602. The number of aromatic nitrogens is 4. The second kappa shape index (κ2) is 5.75. The lowest BCUT2D eigenvalue weighted by Gasteiger charge is -2.05. The third-order valence-corrected chi connectivity index (χ3v) is 2.55. The highest BCUT2D eigenvalue weighted by atomic mass is 35.5. The first kappa shape index (κ1) is 13.4. The predicted molar refractivity (Wildman–Crippen MR) is 64.3 cm³/mol. The van der Waals surface area contributed by atoms with E-state index in [0.29, 0.717) is 5.02 Å². The van der Waals surface area contributed by atoms with E-state index in [1.165, 1.54) is 18.2 Å². The first-order chi connectivity index (χ1) is 9.11. The highest BCUT2D eigenvalue weighted by Gasteiger charge is 2.17. The molecule has 19 heavy (non-hydrogen) atoms. The number of rotatable bonds is 4. The zero-order chi connectivity index (χ0) is 13.8. The van der Waals surface area contributed by atoms with Crippen molar-refractivity contribution in [3.63, 3.8) is 0 Å². The van der Waals surface area contributed by atoms with Gasteiger partial charge in [-0.1, -0.05) is 11.6 Å². The Morgan fingerprint density at radius 3 is 3.05 bits per heavy atom. The molecule has 0 unspecified atom stereocenters. The summed E-state index contributed by atoms with van der Waals surface area (Å²) in [5, 5.41) is 11.0. The van der Waals surface area contributed by atoms with Crippen LogP contribution < -0.4 is 0 Å². The summed E-state index contributed by atoms with van der Waals surface area (Å²) >= 11 is 5.79. The number of halogens is 2. The van der Waals surface area contributed by atoms with E-state index in [4.69, 9.17) is 16.3 Å². The van der Waals surface area contributed by atoms with Crippen LogP contribution in [0.2, 0.25) is 5.02 Å². The molecule has 0 amide bonds. The van der Waals surface area contributed by atoms with E-state index in [-0.39, 0.29) is 24.5 Å². The summed E-state index contributed by atoms with van der Waals surface area (Å²) in [6.45, 7) is 1.87. The molecule has 0 aliphatic carbocycles. The van der Waals surface area contributed by atoms with Crippen molar-refractivity contribution in [2.24, 2.45) is 0 Å². The Kier molecular flexibility index (Phi) is 4.06. The van der Waals surface area contributed by atoms with Crippen LogP contribution in [-0.2, 0) is 11.3 Å². The highest BCUT2D eigenvalue weighted by molar-refractivity contribution is 6.30. The van der Waals surface area contributed by atoms with Gasteiger partial charge in [0.2, 0.25) is 0 Å². The molecule has 2 aromatic rings. The van der Waals surface area contributed by atoms with E-state index in [2.05, 4.69) is 15.5 Å². The van der Waals surface area contributed by atoms with E-state index < -0.39 is 11.8 Å². The van der Waals surface area contributed by atoms with Crippen LogP contribution in [0.4, 0.5) is 4.39 Å². The SMILES string of the molecule is CCOC(=O)c1nnnn1Cc1cc(Cl)ccc1F. The molecule has 0 fully saturated rings. The number of esters is 1. The molecule has 0 aliphatic rings. The van der Waals surface area contributed by atoms with E-state index >= 15 is 0 Å². The van der Waals surface area contributed by atoms with E-state index in [9.17, 15) is 9.18 Å². The topological polar surface area (TPSA) is 69.9 Å². The molecule has 0 N–H and O–H groups in total. The Morgan fingerprint density at radius 1 is 1.53 bits per heavy atom. The van der Waals surface area contributed by atoms with Crippen molar-refractivity contribution in [1.82, 2.24) is 20.2 Å². The highest BCUT2D eigenvalue weighted by Crippen LogP contribution is 2.16. The second-order valence-electron chi connectivity index (χ2n) is 3.62. The van der Waals surface area contributed by atoms with E-state index in [1.54, 1.807) is 6.92 Å². The number of ether oxygens (including phenoxy) is 1. The molecule has 0 bridgehead atoms. The molecule has 0 saturated carbocycles. The van der Waals surface area contributed by atoms with Gasteiger partial charge in [0.1, 0.15) is 5.82 Å². The largest absolute Gasteiger partial charge is 0.460 e. The Balaban J connectivity index is 2.26. The molecular weight excluding hydrogens is 275 g/mol. The van der Waals surface area contributed by atoms with Crippen LogP contribution in [0.15, 0.2) is 18.2 Å². The molecule has 8 heteroatoms. The van der Waals surface area contributed by atoms with Crippen molar-refractivity contribution in [1.29, 1.82) is 0 Å². The Hall–Kier alpha value is -2.02. The number of hydrogen-bond acceptors (Lipinski definition) is 5. The molecule has 2 rings (SSSR count). The fraction of sp³-hybridized carbons (Fsp3) is 0.273. The average molecular weight is 285 g/mol. The maximum absolute atomic E-state index is 13.6. The molecule has 0 aliphatic heterocycles. The minimum atomic E-state index is -0.657. The first-order valence-electron chi connectivity index (χ1n) is 5.49. The third-order valence-electron chi connectivity index (χ3n) is 2.32. The molecule has 0 atom stereocenters. The maximum atomic E-state index is 13.6. The minimum Gasteiger partial charge on any atom is -0.460 e. The predicted octanol–water partition coefficient (Wildman–Crippen LogP) is 1.69. The van der Waals surface area contributed by atoms with E-state index in [1.807, 2.05) is 0 Å². The quantitative estimate of drug-likeness (QED) is 0.799. The standard InChI is InChI=1S/C11H10ClFN4O2/c1-2-19-11(18)10-14-15-16-17(10)6-7-5-8(12)3-4-9(7)13/h3-5H,2,6H2,1H3. The fourth-order valence-electron chi connectivity index (χ4n) is 1.48. The van der Waals surface area contributed by atoms with Crippen molar-refractivity contribution < 1.29 is 13.9 Å². The number of carbonyl (C=O) groups excluding carboxylic acids is 1. The van der Waals surface area contributed by atoms with Gasteiger partial charge < -0.3 is 4.74 Å². The number of carbonyl (C=O) groups is 1. The summed E-state index contributed by atoms with van der Waals surface area (Å²) in [5.74, 6) is -1.19. The van der Waals surface area contributed by atoms with Crippen LogP contribution in [-0.4, -0.2) is 32.8 Å². The van der Waals surface area contributed by atoms with Gasteiger partial charge in [0.25, 0.3) is 5.82 Å². The van der Waals surface area contributed by atoms with Crippen molar-refractivity contribution >= 4 is 17.6 Å². The molecule has 100 valence electrons. The summed E-state index contributed by atoms with van der Waals surface area (Å²) in [4.78, 5) is 11.6. The summed E-state index contributed by atoms with van der Waals surface area (Å²) in [6.07, 6.45) is 0. The lowest BCUT2D eigenvalue weighted by atomic mass is 10.2. The minimum absolute atomic E-state index is 0.00641. The van der Waals surface area contributed by atoms with Gasteiger partial charge >= 0.3 is 5.97 Å². The number of nitrogens with zero attached hydrogens (tertiary/aromatic N) is 4. The van der Waals surface area contributed by atoms with Crippen LogP contribution in [0.25, 0.3) is 0 Å². The van der Waals surface area contributed by atoms with Gasteiger partial charge in [-0.25, -0.2) is 13.9 Å². The van der Waals surface area contributed by atoms with Crippen molar-refractivity contribution in [3.8, 4) is 0 Å². The zero-order valence-electron chi connectivity index (χ0n) is 10.0. The summed E-state index contributed by atoms with van der Waals surface area (Å²) < 4.78 is 19.5. The van der Waals surface area contributed by atoms with Crippen LogP contribution in [0.1, 0.15) is 23.1 Å². The lowest BCUT2D eigenvalue weighted by molar-refractivity contribution is 0.0505. The lowest BCUT2D eigenvalue weighted by Crippen LogP contribution is -2.15. The van der Waals surface area contributed by atoms with Crippen LogP contribution in [0.3, 0.4) is 0 Å². The molecular formula is C11H10ClFN4O2. The smallest absolute Gasteiger partial charge is 0.378 e. The van der Waals surface area contributed by atoms with Crippen molar-refractivity contribution in [2.45, 2.75) is 13.5 Å². The van der Waals surface area contributed by atoms with Gasteiger partial charge in [-0.2, -0.15) is 0 Å². The third kappa shape index (κ3) is 3.05. The summed E-state index contributed by atoms with van der Waals surface area (Å²) in [5.41, 5.74) is 0.283. The number of benzene rings is 1. The Labute approximate surface area is 113 Å². The van der Waals surface area contributed by atoms with Gasteiger partial charge in [0.05, 0.1) is 13.2 Å². The van der Waals surface area contributed by atoms with Gasteiger partial charge in [0, 0.05) is 10.6 Å². The van der Waals surface area contributed by atoms with E-state index in [0.717, 1.165) is 4.68 Å². The monoisotopic (exact) mass is 284 g/mol. The van der Waals surface area contributed by atoms with Crippen molar-refractivity contribution in [3.05, 3.63) is 40.4 Å². The van der Waals surface area contributed by atoms with Gasteiger partial charge in [-0.05, 0) is 35.5 Å². The molecule has 6 nitrogen and oxygen atoms in total. The molecule has 0 spiro atoms. The first-order valence-corrected chi connectivity index (χ1v) is 5.86. The van der Waals surface area contributed by atoms with Crippen molar-refractivity contribution in [2.75, 3.05) is 6.61 Å². The molecule has 0 radical (unpaired) electrons. The molecule has 1 heterocycles. The fourth-order valence-corrected chi connectivity index (χ4v) is 1.67. The van der Waals surface area contributed by atoms with Crippen LogP contribution in [0.5, 0.6) is 0 Å². The number of hydrogen-bond donors (Lipinski definition) is 0. The maximum Gasteiger partial charge on any atom is 0.378 e. The van der Waals surface area contributed by atoms with Crippen LogP contribution >= 0.6 is 11.6 Å². The zero-order valence-corrected chi connectivity index (χ0v) is 10.8. The van der Waals surface area contributed by atoms with Crippen LogP contribution in [0, 0.1) is 5.82 Å². The summed E-state index contributed by atoms with van der Waals surface area (Å²) in [7, 11) is 0. The number of tetrazole rings is 1. The molecule has 0 saturated heterocycles. The second-order valence-corrected chi connectivity index (χ2v) is 4.05. The average Bonchev–Trinajstić information content (AvgIpc) is 2.82.